The van der Waals surface area contributed by atoms with Crippen molar-refractivity contribution in [3.05, 3.63) is 35.4 Å². The summed E-state index contributed by atoms with van der Waals surface area (Å²) in [4.78, 5) is 17.0. The van der Waals surface area contributed by atoms with Crippen LogP contribution in [0, 0.1) is 13.8 Å². The van der Waals surface area contributed by atoms with E-state index in [0.29, 0.717) is 11.5 Å². The summed E-state index contributed by atoms with van der Waals surface area (Å²) in [6.45, 7) is 5.79. The maximum absolute atomic E-state index is 12.7. The number of nitrogens with zero attached hydrogens (tertiary/aromatic N) is 6. The topological polar surface area (TPSA) is 82.6 Å². The highest BCUT2D eigenvalue weighted by Crippen LogP contribution is 2.25. The highest BCUT2D eigenvalue weighted by Gasteiger charge is 2.24. The second kappa shape index (κ2) is 6.19. The zero-order valence-electron chi connectivity index (χ0n) is 15.4. The van der Waals surface area contributed by atoms with Gasteiger partial charge in [0.05, 0.1) is 11.6 Å². The third-order valence-electron chi connectivity index (χ3n) is 4.57. The molecule has 3 heterocycles. The van der Waals surface area contributed by atoms with Crippen LogP contribution in [-0.2, 0) is 25.9 Å². The number of rotatable bonds is 4. The second-order valence-electron chi connectivity index (χ2n) is 6.32. The van der Waals surface area contributed by atoms with E-state index in [4.69, 9.17) is 0 Å². The molecule has 25 heavy (non-hydrogen) atoms. The lowest BCUT2D eigenvalue weighted by molar-refractivity contribution is -0.117. The molecule has 0 radical (unpaired) electrons. The maximum atomic E-state index is 12.7. The van der Waals surface area contributed by atoms with Gasteiger partial charge in [0.1, 0.15) is 11.5 Å². The van der Waals surface area contributed by atoms with Crippen LogP contribution in [0.25, 0.3) is 11.5 Å². The van der Waals surface area contributed by atoms with E-state index in [1.54, 1.807) is 22.6 Å². The zero-order chi connectivity index (χ0) is 18.3. The van der Waals surface area contributed by atoms with Crippen molar-refractivity contribution in [2.75, 3.05) is 5.32 Å². The number of amides is 1. The summed E-state index contributed by atoms with van der Waals surface area (Å²) in [5.41, 5.74) is 3.55. The number of carbonyl (C=O) groups excluding carboxylic acids is 1. The van der Waals surface area contributed by atoms with Gasteiger partial charge in [-0.3, -0.25) is 14.2 Å². The molecule has 8 nitrogen and oxygen atoms in total. The fourth-order valence-electron chi connectivity index (χ4n) is 3.09. The van der Waals surface area contributed by atoms with E-state index in [0.717, 1.165) is 22.8 Å². The Morgan fingerprint density at radius 3 is 2.44 bits per heavy atom. The fraction of sp³-hybridized carbons (Fsp3) is 0.412. The molecule has 0 saturated heterocycles. The zero-order valence-corrected chi connectivity index (χ0v) is 15.4. The van der Waals surface area contributed by atoms with E-state index < -0.39 is 0 Å². The predicted molar refractivity (Wildman–Crippen MR) is 95.1 cm³/mol. The first-order valence-electron chi connectivity index (χ1n) is 8.12. The smallest absolute Gasteiger partial charge is 0.232 e. The summed E-state index contributed by atoms with van der Waals surface area (Å²) in [5.74, 6) is 0.992. The highest BCUT2D eigenvalue weighted by molar-refractivity contribution is 5.95. The summed E-state index contributed by atoms with van der Waals surface area (Å²) >= 11 is 0. The molecule has 1 N–H and O–H groups in total. The van der Waals surface area contributed by atoms with Crippen molar-refractivity contribution in [1.82, 2.24) is 29.1 Å². The van der Waals surface area contributed by atoms with Crippen LogP contribution in [0.2, 0.25) is 0 Å². The lowest BCUT2D eigenvalue weighted by Crippen LogP contribution is -2.21. The Morgan fingerprint density at radius 2 is 1.88 bits per heavy atom. The number of aromatic nitrogens is 6. The number of hydrogen-bond acceptors (Lipinski definition) is 4. The van der Waals surface area contributed by atoms with Gasteiger partial charge in [0.15, 0.2) is 5.82 Å². The molecule has 1 amide bonds. The Morgan fingerprint density at radius 1 is 1.16 bits per heavy atom. The van der Waals surface area contributed by atoms with Gasteiger partial charge in [-0.2, -0.15) is 10.2 Å². The van der Waals surface area contributed by atoms with Crippen LogP contribution in [-0.4, -0.2) is 35.0 Å². The molecule has 0 aliphatic carbocycles. The van der Waals surface area contributed by atoms with Crippen molar-refractivity contribution < 1.29 is 4.79 Å². The maximum Gasteiger partial charge on any atom is 0.232 e. The van der Waals surface area contributed by atoms with Gasteiger partial charge in [-0.15, -0.1) is 0 Å². The monoisotopic (exact) mass is 341 g/mol. The van der Waals surface area contributed by atoms with E-state index in [-0.39, 0.29) is 11.8 Å². The summed E-state index contributed by atoms with van der Waals surface area (Å²) in [5, 5.41) is 11.8. The van der Waals surface area contributed by atoms with Crippen molar-refractivity contribution in [1.29, 1.82) is 0 Å². The highest BCUT2D eigenvalue weighted by atomic mass is 16.2. The lowest BCUT2D eigenvalue weighted by Gasteiger charge is -2.13. The first kappa shape index (κ1) is 16.9. The van der Waals surface area contributed by atoms with Gasteiger partial charge in [-0.25, -0.2) is 4.98 Å². The SMILES string of the molecule is Cc1nn(C)c(C)c1C(C)C(=O)Nc1cc(-c2nccn2C)nn1C. The van der Waals surface area contributed by atoms with Gasteiger partial charge in [-0.1, -0.05) is 0 Å². The summed E-state index contributed by atoms with van der Waals surface area (Å²) in [6, 6.07) is 1.83. The van der Waals surface area contributed by atoms with Crippen molar-refractivity contribution in [3.63, 3.8) is 0 Å². The van der Waals surface area contributed by atoms with E-state index in [1.165, 1.54) is 0 Å². The molecule has 0 aliphatic heterocycles. The Hall–Kier alpha value is -2.90. The van der Waals surface area contributed by atoms with E-state index in [9.17, 15) is 4.79 Å². The molecule has 3 rings (SSSR count). The summed E-state index contributed by atoms with van der Waals surface area (Å²) < 4.78 is 5.34. The van der Waals surface area contributed by atoms with Crippen LogP contribution in [0.3, 0.4) is 0 Å². The molecule has 0 aliphatic rings. The minimum Gasteiger partial charge on any atom is -0.333 e. The summed E-state index contributed by atoms with van der Waals surface area (Å²) in [6.07, 6.45) is 3.58. The van der Waals surface area contributed by atoms with Crippen molar-refractivity contribution >= 4 is 11.7 Å². The molecule has 1 atom stereocenters. The number of aryl methyl sites for hydroxylation is 4. The molecule has 132 valence electrons. The van der Waals surface area contributed by atoms with Gasteiger partial charge >= 0.3 is 0 Å². The van der Waals surface area contributed by atoms with Crippen LogP contribution >= 0.6 is 0 Å². The number of hydrogen-bond donors (Lipinski definition) is 1. The largest absolute Gasteiger partial charge is 0.333 e. The number of carbonyl (C=O) groups is 1. The molecule has 0 aromatic carbocycles. The first-order valence-corrected chi connectivity index (χ1v) is 8.12. The third-order valence-corrected chi connectivity index (χ3v) is 4.57. The third kappa shape index (κ3) is 2.95. The average molecular weight is 341 g/mol. The number of imidazole rings is 1. The van der Waals surface area contributed by atoms with Crippen molar-refractivity contribution in [2.24, 2.45) is 21.1 Å². The van der Waals surface area contributed by atoms with Crippen LogP contribution in [0.15, 0.2) is 18.5 Å². The van der Waals surface area contributed by atoms with Gasteiger partial charge in [0, 0.05) is 50.9 Å². The van der Waals surface area contributed by atoms with Crippen LogP contribution in [0.4, 0.5) is 5.82 Å². The molecular weight excluding hydrogens is 318 g/mol. The quantitative estimate of drug-likeness (QED) is 0.786. The number of nitrogens with one attached hydrogen (secondary N) is 1. The Bertz CT molecular complexity index is 931. The molecule has 8 heteroatoms. The van der Waals surface area contributed by atoms with Gasteiger partial charge < -0.3 is 9.88 Å². The molecular formula is C17H23N7O. The number of anilines is 1. The Balaban J connectivity index is 1.84. The Labute approximate surface area is 146 Å². The van der Waals surface area contributed by atoms with Gasteiger partial charge in [-0.05, 0) is 20.8 Å². The predicted octanol–water partition coefficient (Wildman–Crippen LogP) is 1.91. The molecule has 3 aromatic rings. The molecule has 0 saturated carbocycles. The first-order chi connectivity index (χ1) is 11.8. The molecule has 3 aromatic heterocycles. The van der Waals surface area contributed by atoms with E-state index in [2.05, 4.69) is 20.5 Å². The van der Waals surface area contributed by atoms with Gasteiger partial charge in [0.25, 0.3) is 0 Å². The summed E-state index contributed by atoms with van der Waals surface area (Å²) in [7, 11) is 5.59. The lowest BCUT2D eigenvalue weighted by atomic mass is 9.98. The van der Waals surface area contributed by atoms with Gasteiger partial charge in [0.2, 0.25) is 5.91 Å². The van der Waals surface area contributed by atoms with E-state index in [1.807, 2.05) is 51.7 Å². The fourth-order valence-corrected chi connectivity index (χ4v) is 3.09. The van der Waals surface area contributed by atoms with Crippen molar-refractivity contribution in [2.45, 2.75) is 26.7 Å². The average Bonchev–Trinajstić information content (AvgIpc) is 3.19. The normalized spacial score (nSPS) is 12.4. The van der Waals surface area contributed by atoms with E-state index >= 15 is 0 Å². The van der Waals surface area contributed by atoms with Crippen molar-refractivity contribution in [3.8, 4) is 11.5 Å². The Kier molecular flexibility index (Phi) is 4.20. The standard InChI is InChI=1S/C17H23N7O/c1-10(15-11(2)20-23(5)12(15)3)17(25)19-14-9-13(21-24(14)6)16-18-7-8-22(16)4/h7-10H,1-6H3,(H,19,25). The minimum absolute atomic E-state index is 0.0893. The molecule has 1 unspecified atom stereocenters. The second-order valence-corrected chi connectivity index (χ2v) is 6.32. The van der Waals surface area contributed by atoms with Crippen LogP contribution < -0.4 is 5.32 Å². The minimum atomic E-state index is -0.305. The van der Waals surface area contributed by atoms with Crippen LogP contribution in [0.5, 0.6) is 0 Å². The molecule has 0 spiro atoms. The molecule has 0 bridgehead atoms. The van der Waals surface area contributed by atoms with Crippen LogP contribution in [0.1, 0.15) is 29.8 Å². The molecule has 0 fully saturated rings.